The highest BCUT2D eigenvalue weighted by Crippen LogP contribution is 2.17. The van der Waals surface area contributed by atoms with E-state index in [1.807, 2.05) is 5.01 Å². The van der Waals surface area contributed by atoms with Crippen molar-refractivity contribution in [2.75, 3.05) is 27.2 Å². The predicted octanol–water partition coefficient (Wildman–Crippen LogP) is 0.0504. The number of carbonyl (C=O) groups is 1. The van der Waals surface area contributed by atoms with Crippen LogP contribution in [0.15, 0.2) is 0 Å². The summed E-state index contributed by atoms with van der Waals surface area (Å²) in [4.78, 5) is 13.0. The van der Waals surface area contributed by atoms with E-state index in [9.17, 15) is 4.79 Å². The van der Waals surface area contributed by atoms with Gasteiger partial charge in [-0.05, 0) is 18.8 Å². The molecule has 2 N–H and O–H groups in total. The number of hydrazine groups is 1. The maximum atomic E-state index is 11.4. The van der Waals surface area contributed by atoms with Crippen LogP contribution in [0, 0.1) is 5.92 Å². The Hall–Kier alpha value is -0.610. The van der Waals surface area contributed by atoms with Crippen LogP contribution in [0.3, 0.4) is 0 Å². The zero-order valence-corrected chi connectivity index (χ0v) is 8.49. The van der Waals surface area contributed by atoms with Crippen molar-refractivity contribution in [1.82, 2.24) is 9.91 Å². The summed E-state index contributed by atoms with van der Waals surface area (Å²) in [7, 11) is 3.59. The third kappa shape index (κ3) is 3.32. The van der Waals surface area contributed by atoms with E-state index >= 15 is 0 Å². The number of hydrogen-bond donors (Lipinski definition) is 1. The molecular weight excluding hydrogens is 166 g/mol. The number of nitrogens with two attached hydrogens (primary N) is 1. The number of piperidine rings is 1. The van der Waals surface area contributed by atoms with Crippen LogP contribution >= 0.6 is 0 Å². The maximum absolute atomic E-state index is 11.4. The number of rotatable bonds is 2. The average molecular weight is 185 g/mol. The van der Waals surface area contributed by atoms with Crippen LogP contribution in [-0.4, -0.2) is 43.0 Å². The molecule has 0 aromatic carbocycles. The second-order valence-corrected chi connectivity index (χ2v) is 4.00. The zero-order valence-electron chi connectivity index (χ0n) is 8.49. The van der Waals surface area contributed by atoms with Crippen LogP contribution in [-0.2, 0) is 4.79 Å². The van der Waals surface area contributed by atoms with Gasteiger partial charge in [-0.2, -0.15) is 0 Å². The van der Waals surface area contributed by atoms with Crippen molar-refractivity contribution in [1.29, 1.82) is 0 Å². The van der Waals surface area contributed by atoms with E-state index in [1.165, 1.54) is 0 Å². The molecule has 1 fully saturated rings. The van der Waals surface area contributed by atoms with Crippen LogP contribution in [0.4, 0.5) is 0 Å². The Labute approximate surface area is 79.6 Å². The molecule has 1 atom stereocenters. The summed E-state index contributed by atoms with van der Waals surface area (Å²) in [5, 5.41) is 1.82. The van der Waals surface area contributed by atoms with E-state index in [-0.39, 0.29) is 5.91 Å². The molecule has 1 heterocycles. The molecule has 0 aromatic heterocycles. The van der Waals surface area contributed by atoms with Crippen molar-refractivity contribution in [3.63, 3.8) is 0 Å². The van der Waals surface area contributed by atoms with Gasteiger partial charge in [-0.25, -0.2) is 5.01 Å². The van der Waals surface area contributed by atoms with Crippen LogP contribution in [0.25, 0.3) is 0 Å². The lowest BCUT2D eigenvalue weighted by molar-refractivity contribution is -0.130. The first-order valence-corrected chi connectivity index (χ1v) is 4.79. The van der Waals surface area contributed by atoms with E-state index < -0.39 is 0 Å². The van der Waals surface area contributed by atoms with Crippen molar-refractivity contribution in [3.05, 3.63) is 0 Å². The highest BCUT2D eigenvalue weighted by Gasteiger charge is 2.20. The highest BCUT2D eigenvalue weighted by atomic mass is 16.2. The van der Waals surface area contributed by atoms with Crippen LogP contribution in [0.5, 0.6) is 0 Å². The van der Waals surface area contributed by atoms with E-state index in [0.29, 0.717) is 12.3 Å². The lowest BCUT2D eigenvalue weighted by Crippen LogP contribution is -2.41. The van der Waals surface area contributed by atoms with Crippen LogP contribution in [0.1, 0.15) is 19.3 Å². The van der Waals surface area contributed by atoms with Gasteiger partial charge < -0.3 is 4.90 Å². The van der Waals surface area contributed by atoms with Gasteiger partial charge in [-0.1, -0.05) is 0 Å². The van der Waals surface area contributed by atoms with E-state index in [4.69, 9.17) is 5.84 Å². The Bertz CT molecular complexity index is 182. The Morgan fingerprint density at radius 3 is 2.85 bits per heavy atom. The molecule has 0 radical (unpaired) electrons. The fraction of sp³-hybridized carbons (Fsp3) is 0.889. The Morgan fingerprint density at radius 1 is 1.62 bits per heavy atom. The number of amides is 1. The van der Waals surface area contributed by atoms with E-state index in [2.05, 4.69) is 0 Å². The molecule has 0 spiro atoms. The summed E-state index contributed by atoms with van der Waals surface area (Å²) in [6, 6.07) is 0. The molecule has 4 heteroatoms. The number of nitrogens with zero attached hydrogens (tertiary/aromatic N) is 2. The molecule has 76 valence electrons. The fourth-order valence-electron chi connectivity index (χ4n) is 1.69. The Kier molecular flexibility index (Phi) is 3.69. The molecule has 1 aliphatic heterocycles. The molecule has 1 aliphatic rings. The third-order valence-electron chi connectivity index (χ3n) is 2.51. The molecule has 1 saturated heterocycles. The average Bonchev–Trinajstić information content (AvgIpc) is 2.04. The maximum Gasteiger partial charge on any atom is 0.222 e. The molecule has 1 unspecified atom stereocenters. The van der Waals surface area contributed by atoms with Crippen LogP contribution < -0.4 is 5.84 Å². The van der Waals surface area contributed by atoms with Gasteiger partial charge in [-0.3, -0.25) is 10.6 Å². The minimum absolute atomic E-state index is 0.209. The summed E-state index contributed by atoms with van der Waals surface area (Å²) in [6.07, 6.45) is 2.88. The molecule has 0 aromatic rings. The van der Waals surface area contributed by atoms with Gasteiger partial charge >= 0.3 is 0 Å². The number of carbonyl (C=O) groups excluding carboxylic acids is 1. The smallest absolute Gasteiger partial charge is 0.222 e. The SMILES string of the molecule is CN(C)C(=O)CC1CCCN(N)C1. The van der Waals surface area contributed by atoms with Crippen molar-refractivity contribution >= 4 is 5.91 Å². The Balaban J connectivity index is 2.31. The van der Waals surface area contributed by atoms with Crippen molar-refractivity contribution in [2.24, 2.45) is 11.8 Å². The highest BCUT2D eigenvalue weighted by molar-refractivity contribution is 5.75. The standard InChI is InChI=1S/C9H19N3O/c1-11(2)9(13)6-8-4-3-5-12(10)7-8/h8H,3-7,10H2,1-2H3. The summed E-state index contributed by atoms with van der Waals surface area (Å²) in [6.45, 7) is 1.83. The van der Waals surface area contributed by atoms with Crippen molar-refractivity contribution in [3.8, 4) is 0 Å². The second-order valence-electron chi connectivity index (χ2n) is 4.00. The number of hydrogen-bond acceptors (Lipinski definition) is 3. The van der Waals surface area contributed by atoms with Gasteiger partial charge in [0, 0.05) is 33.6 Å². The molecule has 1 rings (SSSR count). The minimum Gasteiger partial charge on any atom is -0.349 e. The normalized spacial score (nSPS) is 24.4. The Morgan fingerprint density at radius 2 is 2.31 bits per heavy atom. The minimum atomic E-state index is 0.209. The van der Waals surface area contributed by atoms with Crippen molar-refractivity contribution in [2.45, 2.75) is 19.3 Å². The largest absolute Gasteiger partial charge is 0.349 e. The molecular formula is C9H19N3O. The van der Waals surface area contributed by atoms with Crippen molar-refractivity contribution < 1.29 is 4.79 Å². The summed E-state index contributed by atoms with van der Waals surface area (Å²) >= 11 is 0. The van der Waals surface area contributed by atoms with Gasteiger partial charge in [0.25, 0.3) is 0 Å². The van der Waals surface area contributed by atoms with Gasteiger partial charge in [-0.15, -0.1) is 0 Å². The van der Waals surface area contributed by atoms with Gasteiger partial charge in [0.15, 0.2) is 0 Å². The molecule has 0 saturated carbocycles. The molecule has 0 aliphatic carbocycles. The molecule has 13 heavy (non-hydrogen) atoms. The molecule has 4 nitrogen and oxygen atoms in total. The molecule has 1 amide bonds. The predicted molar refractivity (Wildman–Crippen MR) is 51.8 cm³/mol. The van der Waals surface area contributed by atoms with Crippen LogP contribution in [0.2, 0.25) is 0 Å². The van der Waals surface area contributed by atoms with Gasteiger partial charge in [0.2, 0.25) is 5.91 Å². The van der Waals surface area contributed by atoms with Gasteiger partial charge in [0.1, 0.15) is 0 Å². The quantitative estimate of drug-likeness (QED) is 0.618. The first kappa shape index (κ1) is 10.5. The fourth-order valence-corrected chi connectivity index (χ4v) is 1.69. The monoisotopic (exact) mass is 185 g/mol. The summed E-state index contributed by atoms with van der Waals surface area (Å²) in [5.74, 6) is 6.35. The second kappa shape index (κ2) is 4.58. The molecule has 0 bridgehead atoms. The summed E-state index contributed by atoms with van der Waals surface area (Å²) in [5.41, 5.74) is 0. The third-order valence-corrected chi connectivity index (χ3v) is 2.51. The topological polar surface area (TPSA) is 49.6 Å². The lowest BCUT2D eigenvalue weighted by atomic mass is 9.95. The lowest BCUT2D eigenvalue weighted by Gasteiger charge is -2.29. The van der Waals surface area contributed by atoms with Gasteiger partial charge in [0.05, 0.1) is 0 Å². The van der Waals surface area contributed by atoms with E-state index in [1.54, 1.807) is 19.0 Å². The first-order valence-electron chi connectivity index (χ1n) is 4.79. The van der Waals surface area contributed by atoms with E-state index in [0.717, 1.165) is 25.9 Å². The zero-order chi connectivity index (χ0) is 9.84. The summed E-state index contributed by atoms with van der Waals surface area (Å²) < 4.78 is 0. The first-order chi connectivity index (χ1) is 6.09.